The van der Waals surface area contributed by atoms with Crippen LogP contribution >= 0.6 is 0 Å². The minimum absolute atomic E-state index is 0.0226. The van der Waals surface area contributed by atoms with Gasteiger partial charge in [0.2, 0.25) is 5.91 Å². The number of carbonyl (C=O) groups is 2. The van der Waals surface area contributed by atoms with Gasteiger partial charge in [0.15, 0.2) is 15.6 Å². The van der Waals surface area contributed by atoms with Gasteiger partial charge in [-0.3, -0.25) is 14.5 Å². The molecule has 0 N–H and O–H groups in total. The Morgan fingerprint density at radius 1 is 1.03 bits per heavy atom. The van der Waals surface area contributed by atoms with Crippen molar-refractivity contribution in [3.63, 3.8) is 0 Å². The summed E-state index contributed by atoms with van der Waals surface area (Å²) in [6.07, 6.45) is 5.78. The molecule has 1 aromatic carbocycles. The van der Waals surface area contributed by atoms with Crippen LogP contribution < -0.4 is 4.90 Å². The van der Waals surface area contributed by atoms with Crippen molar-refractivity contribution in [1.82, 2.24) is 9.80 Å². The molecule has 2 heterocycles. The average Bonchev–Trinajstić information content (AvgIpc) is 3.14. The third-order valence-corrected chi connectivity index (χ3v) is 9.03. The van der Waals surface area contributed by atoms with E-state index in [2.05, 4.69) is 4.90 Å². The first kappa shape index (κ1) is 24.1. The van der Waals surface area contributed by atoms with Gasteiger partial charge in [0.1, 0.15) is 5.82 Å². The third kappa shape index (κ3) is 5.74. The summed E-state index contributed by atoms with van der Waals surface area (Å²) in [6.45, 7) is 4.12. The lowest BCUT2D eigenvalue weighted by atomic mass is 9.92. The Morgan fingerprint density at radius 2 is 1.73 bits per heavy atom. The molecule has 33 heavy (non-hydrogen) atoms. The lowest BCUT2D eigenvalue weighted by Gasteiger charge is -2.41. The predicted molar refractivity (Wildman–Crippen MR) is 126 cm³/mol. The Kier molecular flexibility index (Phi) is 7.38. The van der Waals surface area contributed by atoms with Crippen LogP contribution in [0, 0.1) is 5.82 Å². The summed E-state index contributed by atoms with van der Waals surface area (Å²) in [4.78, 5) is 30.8. The topological polar surface area (TPSA) is 78.0 Å². The van der Waals surface area contributed by atoms with E-state index in [1.54, 1.807) is 12.1 Å². The summed E-state index contributed by atoms with van der Waals surface area (Å²) in [6, 6.07) is 4.51. The fraction of sp³-hybridized carbons (Fsp3) is 0.667. The van der Waals surface area contributed by atoms with Crippen LogP contribution in [0.25, 0.3) is 0 Å². The zero-order valence-electron chi connectivity index (χ0n) is 19.3. The monoisotopic (exact) mass is 479 g/mol. The second kappa shape index (κ2) is 10.1. The van der Waals surface area contributed by atoms with E-state index in [-0.39, 0.29) is 41.8 Å². The summed E-state index contributed by atoms with van der Waals surface area (Å²) in [5.74, 6) is -0.298. The van der Waals surface area contributed by atoms with Crippen molar-refractivity contribution in [3.8, 4) is 0 Å². The number of benzene rings is 1. The highest BCUT2D eigenvalue weighted by atomic mass is 32.2. The van der Waals surface area contributed by atoms with E-state index in [4.69, 9.17) is 0 Å². The molecule has 1 aliphatic carbocycles. The van der Waals surface area contributed by atoms with E-state index in [9.17, 15) is 22.4 Å². The highest BCUT2D eigenvalue weighted by Gasteiger charge is 2.39. The number of hydrogen-bond acceptors (Lipinski definition) is 6. The number of rotatable bonds is 6. The maximum absolute atomic E-state index is 14.5. The van der Waals surface area contributed by atoms with Gasteiger partial charge in [0.25, 0.3) is 0 Å². The Hall–Kier alpha value is -2.00. The van der Waals surface area contributed by atoms with Crippen molar-refractivity contribution in [1.29, 1.82) is 0 Å². The zero-order chi connectivity index (χ0) is 23.6. The van der Waals surface area contributed by atoms with Gasteiger partial charge in [-0.25, -0.2) is 12.8 Å². The molecular formula is C24H34FN3O4S. The zero-order valence-corrected chi connectivity index (χ0v) is 20.2. The fourth-order valence-corrected chi connectivity index (χ4v) is 7.17. The molecule has 0 bridgehead atoms. The number of Topliss-reactive ketones (excluding diaryl/α,β-unsaturated/α-hetero) is 1. The maximum atomic E-state index is 14.5. The summed E-state index contributed by atoms with van der Waals surface area (Å²) < 4.78 is 38.7. The molecule has 2 aliphatic heterocycles. The van der Waals surface area contributed by atoms with Crippen LogP contribution in [0.2, 0.25) is 0 Å². The van der Waals surface area contributed by atoms with E-state index in [0.717, 1.165) is 25.7 Å². The molecule has 7 nitrogen and oxygen atoms in total. The van der Waals surface area contributed by atoms with Crippen molar-refractivity contribution in [3.05, 3.63) is 29.6 Å². The van der Waals surface area contributed by atoms with E-state index in [1.165, 1.54) is 19.4 Å². The van der Waals surface area contributed by atoms with E-state index in [0.29, 0.717) is 43.9 Å². The summed E-state index contributed by atoms with van der Waals surface area (Å²) in [7, 11) is -3.07. The molecule has 1 atom stereocenters. The first-order valence-corrected chi connectivity index (χ1v) is 13.8. The molecule has 2 saturated heterocycles. The quantitative estimate of drug-likeness (QED) is 0.584. The first-order valence-electron chi connectivity index (χ1n) is 12.0. The van der Waals surface area contributed by atoms with Gasteiger partial charge >= 0.3 is 0 Å². The standard InChI is InChI=1S/C24H34FN3O4S/c1-18(29)19-7-8-23(22(25)15-19)27-12-10-26(11-13-27)16-24(30)28(20-5-3-2-4-6-20)21-9-14-33(31,32)17-21/h7-8,15,20-21H,2-6,9-14,16-17H2,1H3. The Morgan fingerprint density at radius 3 is 2.30 bits per heavy atom. The lowest BCUT2D eigenvalue weighted by Crippen LogP contribution is -2.54. The molecule has 9 heteroatoms. The molecular weight excluding hydrogens is 445 g/mol. The SMILES string of the molecule is CC(=O)c1ccc(N2CCN(CC(=O)N(C3CCCCC3)C3CCS(=O)(=O)C3)CC2)c(F)c1. The Labute approximate surface area is 195 Å². The highest BCUT2D eigenvalue weighted by Crippen LogP contribution is 2.29. The minimum atomic E-state index is -3.07. The van der Waals surface area contributed by atoms with Crippen LogP contribution in [0.1, 0.15) is 55.8 Å². The number of ketones is 1. The van der Waals surface area contributed by atoms with E-state index >= 15 is 0 Å². The predicted octanol–water partition coefficient (Wildman–Crippen LogP) is 2.50. The van der Waals surface area contributed by atoms with Gasteiger partial charge in [0, 0.05) is 43.8 Å². The number of amides is 1. The van der Waals surface area contributed by atoms with Crippen molar-refractivity contribution in [2.24, 2.45) is 0 Å². The molecule has 0 radical (unpaired) electrons. The first-order chi connectivity index (χ1) is 15.7. The van der Waals surface area contributed by atoms with Gasteiger partial charge < -0.3 is 9.80 Å². The highest BCUT2D eigenvalue weighted by molar-refractivity contribution is 7.91. The van der Waals surface area contributed by atoms with Gasteiger partial charge in [-0.1, -0.05) is 19.3 Å². The summed E-state index contributed by atoms with van der Waals surface area (Å²) >= 11 is 0. The van der Waals surface area contributed by atoms with Crippen molar-refractivity contribution >= 4 is 27.2 Å². The Bertz CT molecular complexity index is 985. The van der Waals surface area contributed by atoms with Gasteiger partial charge in [0.05, 0.1) is 23.7 Å². The van der Waals surface area contributed by atoms with Crippen LogP contribution in [-0.2, 0) is 14.6 Å². The molecule has 1 unspecified atom stereocenters. The van der Waals surface area contributed by atoms with Gasteiger partial charge in [-0.05, 0) is 44.4 Å². The van der Waals surface area contributed by atoms with Crippen LogP contribution in [0.15, 0.2) is 18.2 Å². The average molecular weight is 480 g/mol. The molecule has 3 aliphatic rings. The third-order valence-electron chi connectivity index (χ3n) is 7.28. The number of sulfone groups is 1. The second-order valence-electron chi connectivity index (χ2n) is 9.64. The number of halogens is 1. The summed E-state index contributed by atoms with van der Waals surface area (Å²) in [5.41, 5.74) is 0.836. The smallest absolute Gasteiger partial charge is 0.237 e. The minimum Gasteiger partial charge on any atom is -0.367 e. The number of anilines is 1. The number of hydrogen-bond donors (Lipinski definition) is 0. The molecule has 182 valence electrons. The van der Waals surface area contributed by atoms with Crippen LogP contribution in [0.4, 0.5) is 10.1 Å². The van der Waals surface area contributed by atoms with Crippen molar-refractivity contribution in [2.75, 3.05) is 49.1 Å². The van der Waals surface area contributed by atoms with E-state index < -0.39 is 15.7 Å². The molecule has 3 fully saturated rings. The maximum Gasteiger partial charge on any atom is 0.237 e. The normalized spacial score (nSPS) is 24.1. The molecule has 1 aromatic rings. The molecule has 1 amide bonds. The number of piperazine rings is 1. The van der Waals surface area contributed by atoms with E-state index in [1.807, 2.05) is 9.80 Å². The molecule has 0 aromatic heterocycles. The van der Waals surface area contributed by atoms with Gasteiger partial charge in [-0.15, -0.1) is 0 Å². The number of nitrogens with zero attached hydrogens (tertiary/aromatic N) is 3. The molecule has 0 spiro atoms. The van der Waals surface area contributed by atoms with Gasteiger partial charge in [-0.2, -0.15) is 0 Å². The fourth-order valence-electron chi connectivity index (χ4n) is 5.46. The molecule has 4 rings (SSSR count). The van der Waals surface area contributed by atoms with Crippen LogP contribution in [0.5, 0.6) is 0 Å². The largest absolute Gasteiger partial charge is 0.367 e. The lowest BCUT2D eigenvalue weighted by molar-refractivity contribution is -0.137. The second-order valence-corrected chi connectivity index (χ2v) is 11.9. The van der Waals surface area contributed by atoms with Crippen LogP contribution in [-0.4, -0.2) is 86.2 Å². The number of carbonyl (C=O) groups excluding carboxylic acids is 2. The molecule has 1 saturated carbocycles. The Balaban J connectivity index is 1.38. The summed E-state index contributed by atoms with van der Waals surface area (Å²) in [5, 5.41) is 0. The van der Waals surface area contributed by atoms with Crippen molar-refractivity contribution < 1.29 is 22.4 Å². The van der Waals surface area contributed by atoms with Crippen LogP contribution in [0.3, 0.4) is 0 Å². The van der Waals surface area contributed by atoms with Crippen molar-refractivity contribution in [2.45, 2.75) is 57.5 Å².